The number of hydrogen-bond acceptors (Lipinski definition) is 4. The van der Waals surface area contributed by atoms with E-state index in [9.17, 15) is 14.4 Å². The second kappa shape index (κ2) is 36.9. The van der Waals surface area contributed by atoms with Gasteiger partial charge in [0.25, 0.3) is 0 Å². The van der Waals surface area contributed by atoms with E-state index in [0.29, 0.717) is 12.8 Å². The van der Waals surface area contributed by atoms with Crippen molar-refractivity contribution < 1.29 is 24.2 Å². The van der Waals surface area contributed by atoms with E-state index in [1.807, 2.05) is 0 Å². The molecular weight excluding hydrogens is 598 g/mol. The largest absolute Gasteiger partial charge is 0.480 e. The van der Waals surface area contributed by atoms with Crippen LogP contribution in [0.1, 0.15) is 174 Å². The molecular formula is C42H71NO5. The molecule has 0 aromatic heterocycles. The molecule has 6 heteroatoms. The zero-order valence-corrected chi connectivity index (χ0v) is 30.8. The molecule has 48 heavy (non-hydrogen) atoms. The Morgan fingerprint density at radius 1 is 0.562 bits per heavy atom. The zero-order valence-electron chi connectivity index (χ0n) is 30.8. The van der Waals surface area contributed by atoms with E-state index in [2.05, 4.69) is 79.9 Å². The third kappa shape index (κ3) is 36.0. The number of allylic oxidation sites excluding steroid dienone is 10. The number of nitrogens with one attached hydrogen (secondary N) is 1. The molecule has 0 aromatic rings. The first-order valence-corrected chi connectivity index (χ1v) is 19.4. The maximum Gasteiger partial charge on any atom is 0.322 e. The van der Waals surface area contributed by atoms with Crippen LogP contribution in [-0.2, 0) is 19.1 Å². The summed E-state index contributed by atoms with van der Waals surface area (Å²) in [6.07, 6.45) is 47.9. The van der Waals surface area contributed by atoms with Crippen molar-refractivity contribution >= 4 is 17.8 Å². The number of aliphatic carboxylic acids is 1. The Bertz CT molecular complexity index is 917. The topological polar surface area (TPSA) is 92.7 Å². The summed E-state index contributed by atoms with van der Waals surface area (Å²) in [4.78, 5) is 34.7. The van der Waals surface area contributed by atoms with Crippen LogP contribution in [0.5, 0.6) is 0 Å². The summed E-state index contributed by atoms with van der Waals surface area (Å²) in [7, 11) is 0. The van der Waals surface area contributed by atoms with Crippen molar-refractivity contribution in [3.63, 3.8) is 0 Å². The average Bonchev–Trinajstić information content (AvgIpc) is 3.07. The first kappa shape index (κ1) is 45.1. The normalized spacial score (nSPS) is 12.7. The van der Waals surface area contributed by atoms with Gasteiger partial charge in [0.2, 0.25) is 5.91 Å². The van der Waals surface area contributed by atoms with E-state index in [1.54, 1.807) is 0 Å². The van der Waals surface area contributed by atoms with Crippen LogP contribution in [0, 0.1) is 0 Å². The Balaban J connectivity index is 3.85. The molecule has 2 N–H and O–H groups in total. The monoisotopic (exact) mass is 670 g/mol. The number of carboxylic acid groups (broad SMARTS) is 1. The minimum atomic E-state index is -1.03. The lowest BCUT2D eigenvalue weighted by Crippen LogP contribution is -2.28. The van der Waals surface area contributed by atoms with Crippen molar-refractivity contribution in [2.24, 2.45) is 0 Å². The number of ether oxygens (including phenoxy) is 1. The van der Waals surface area contributed by atoms with Crippen LogP contribution in [0.4, 0.5) is 0 Å². The summed E-state index contributed by atoms with van der Waals surface area (Å²) in [5.41, 5.74) is 0. The molecule has 0 aliphatic heterocycles. The summed E-state index contributed by atoms with van der Waals surface area (Å²) >= 11 is 0. The van der Waals surface area contributed by atoms with Crippen molar-refractivity contribution in [1.82, 2.24) is 5.32 Å². The van der Waals surface area contributed by atoms with Gasteiger partial charge in [-0.05, 0) is 83.5 Å². The fraction of sp³-hybridized carbons (Fsp3) is 0.690. The fourth-order valence-corrected chi connectivity index (χ4v) is 5.36. The summed E-state index contributed by atoms with van der Waals surface area (Å²) < 4.78 is 5.90. The van der Waals surface area contributed by atoms with Gasteiger partial charge in [-0.25, -0.2) is 0 Å². The summed E-state index contributed by atoms with van der Waals surface area (Å²) in [5, 5.41) is 11.0. The highest BCUT2D eigenvalue weighted by molar-refractivity contribution is 5.80. The van der Waals surface area contributed by atoms with Gasteiger partial charge in [0.05, 0.1) is 0 Å². The fourth-order valence-electron chi connectivity index (χ4n) is 5.36. The number of esters is 1. The number of carbonyl (C=O) groups is 3. The van der Waals surface area contributed by atoms with Gasteiger partial charge in [-0.2, -0.15) is 0 Å². The van der Waals surface area contributed by atoms with Crippen LogP contribution >= 0.6 is 0 Å². The first-order chi connectivity index (χ1) is 23.5. The number of amides is 1. The van der Waals surface area contributed by atoms with Crippen molar-refractivity contribution in [3.8, 4) is 0 Å². The van der Waals surface area contributed by atoms with Gasteiger partial charge in [-0.1, -0.05) is 139 Å². The van der Waals surface area contributed by atoms with E-state index >= 15 is 0 Å². The molecule has 0 rings (SSSR count). The van der Waals surface area contributed by atoms with Crippen LogP contribution in [0.15, 0.2) is 60.8 Å². The van der Waals surface area contributed by atoms with Crippen LogP contribution < -0.4 is 5.32 Å². The number of rotatable bonds is 34. The molecule has 6 nitrogen and oxygen atoms in total. The lowest BCUT2D eigenvalue weighted by Gasteiger charge is -2.18. The van der Waals surface area contributed by atoms with Gasteiger partial charge < -0.3 is 15.2 Å². The van der Waals surface area contributed by atoms with E-state index in [0.717, 1.165) is 96.3 Å². The predicted octanol–water partition coefficient (Wildman–Crippen LogP) is 11.7. The SMILES string of the molecule is CC/C=C\C/C=C\C/C=C\C/C=C\C/C=C\CCCCCCCCCC(=O)OC(CCCCCC)CCCCCCC(=O)NCC(=O)O. The van der Waals surface area contributed by atoms with Crippen molar-refractivity contribution in [1.29, 1.82) is 0 Å². The van der Waals surface area contributed by atoms with E-state index in [-0.39, 0.29) is 24.5 Å². The second-order valence-corrected chi connectivity index (χ2v) is 12.8. The minimum Gasteiger partial charge on any atom is -0.480 e. The molecule has 1 atom stereocenters. The predicted molar refractivity (Wildman–Crippen MR) is 203 cm³/mol. The molecule has 0 aromatic carbocycles. The van der Waals surface area contributed by atoms with Gasteiger partial charge >= 0.3 is 11.9 Å². The highest BCUT2D eigenvalue weighted by Gasteiger charge is 2.14. The Kier molecular flexibility index (Phi) is 34.7. The Morgan fingerprint density at radius 2 is 1.02 bits per heavy atom. The molecule has 0 radical (unpaired) electrons. The highest BCUT2D eigenvalue weighted by Crippen LogP contribution is 2.18. The lowest BCUT2D eigenvalue weighted by molar-refractivity contribution is -0.150. The standard InChI is InChI=1S/C42H71NO5/c1-3-5-7-9-10-11-12-13-14-15-16-17-18-19-20-21-22-23-24-25-26-27-33-37-42(47)48-39(34-30-8-6-4-2)35-31-28-29-32-36-40(44)43-38-41(45)46/h5,7,10-11,13-14,16-17,19-20,39H,3-4,6,8-9,12,15,18,21-38H2,1-2H3,(H,43,44)(H,45,46)/b7-5-,11-10-,14-13-,17-16-,20-19-. The molecule has 0 fully saturated rings. The summed E-state index contributed by atoms with van der Waals surface area (Å²) in [6, 6.07) is 0. The molecule has 274 valence electrons. The van der Waals surface area contributed by atoms with Gasteiger partial charge in [0.15, 0.2) is 0 Å². The van der Waals surface area contributed by atoms with E-state index < -0.39 is 5.97 Å². The molecule has 1 unspecified atom stereocenters. The maximum atomic E-state index is 12.6. The van der Waals surface area contributed by atoms with Crippen LogP contribution in [0.25, 0.3) is 0 Å². The van der Waals surface area contributed by atoms with Gasteiger partial charge in [-0.3, -0.25) is 14.4 Å². The minimum absolute atomic E-state index is 0.00353. The Hall–Kier alpha value is -2.89. The van der Waals surface area contributed by atoms with Crippen molar-refractivity contribution in [3.05, 3.63) is 60.8 Å². The number of hydrogen-bond donors (Lipinski definition) is 2. The van der Waals surface area contributed by atoms with Crippen LogP contribution in [-0.4, -0.2) is 35.6 Å². The molecule has 1 amide bonds. The second-order valence-electron chi connectivity index (χ2n) is 12.8. The molecule has 0 heterocycles. The van der Waals surface area contributed by atoms with Crippen LogP contribution in [0.2, 0.25) is 0 Å². The van der Waals surface area contributed by atoms with E-state index in [1.165, 1.54) is 51.4 Å². The quantitative estimate of drug-likeness (QED) is 0.0404. The Labute approximate surface area is 294 Å². The van der Waals surface area contributed by atoms with Gasteiger partial charge in [-0.15, -0.1) is 0 Å². The molecule has 0 aliphatic carbocycles. The molecule has 0 saturated carbocycles. The Morgan fingerprint density at radius 3 is 1.56 bits per heavy atom. The van der Waals surface area contributed by atoms with Gasteiger partial charge in [0, 0.05) is 12.8 Å². The highest BCUT2D eigenvalue weighted by atomic mass is 16.5. The summed E-state index contributed by atoms with van der Waals surface area (Å²) in [6.45, 7) is 4.04. The molecule has 0 aliphatic rings. The van der Waals surface area contributed by atoms with Gasteiger partial charge in [0.1, 0.15) is 12.6 Å². The number of carboxylic acids is 1. The first-order valence-electron chi connectivity index (χ1n) is 19.4. The zero-order chi connectivity index (χ0) is 35.2. The molecule has 0 bridgehead atoms. The third-order valence-electron chi connectivity index (χ3n) is 8.20. The number of unbranched alkanes of at least 4 members (excludes halogenated alkanes) is 13. The summed E-state index contributed by atoms with van der Waals surface area (Å²) in [5.74, 6) is -1.29. The number of carbonyl (C=O) groups excluding carboxylic acids is 2. The smallest absolute Gasteiger partial charge is 0.322 e. The van der Waals surface area contributed by atoms with Crippen molar-refractivity contribution in [2.75, 3.05) is 6.54 Å². The molecule has 0 spiro atoms. The third-order valence-corrected chi connectivity index (χ3v) is 8.20. The van der Waals surface area contributed by atoms with E-state index in [4.69, 9.17) is 9.84 Å². The lowest BCUT2D eigenvalue weighted by atomic mass is 10.0. The van der Waals surface area contributed by atoms with Crippen molar-refractivity contribution in [2.45, 2.75) is 180 Å². The van der Waals surface area contributed by atoms with Crippen LogP contribution in [0.3, 0.4) is 0 Å². The average molecular weight is 670 g/mol. The molecule has 0 saturated heterocycles. The maximum absolute atomic E-state index is 12.6.